The van der Waals surface area contributed by atoms with Crippen LogP contribution >= 0.6 is 0 Å². The Morgan fingerprint density at radius 2 is 2.18 bits per heavy atom. The summed E-state index contributed by atoms with van der Waals surface area (Å²) in [6.07, 6.45) is 5.40. The molecule has 0 aromatic heterocycles. The number of allylic oxidation sites excluding steroid dienone is 1. The van der Waals surface area contributed by atoms with Gasteiger partial charge in [0.05, 0.1) is 12.2 Å². The highest BCUT2D eigenvalue weighted by Crippen LogP contribution is 2.16. The van der Waals surface area contributed by atoms with Gasteiger partial charge in [0.1, 0.15) is 5.82 Å². The number of hydrogen-bond donors (Lipinski definition) is 1. The van der Waals surface area contributed by atoms with Gasteiger partial charge in [0.25, 0.3) is 0 Å². The number of hydrogen-bond acceptors (Lipinski definition) is 3. The number of halogens is 1. The van der Waals surface area contributed by atoms with Crippen molar-refractivity contribution in [3.63, 3.8) is 0 Å². The second kappa shape index (κ2) is 9.03. The summed E-state index contributed by atoms with van der Waals surface area (Å²) in [6, 6.07) is 6.56. The minimum absolute atomic E-state index is 0.222. The highest BCUT2D eigenvalue weighted by Gasteiger charge is 2.21. The second-order valence-electron chi connectivity index (χ2n) is 5.98. The Kier molecular flexibility index (Phi) is 7.03. The van der Waals surface area contributed by atoms with E-state index in [0.29, 0.717) is 13.1 Å². The molecule has 1 N–H and O–H groups in total. The molecule has 0 unspecified atom stereocenters. The molecule has 0 saturated carbocycles. The number of rotatable bonds is 9. The first kappa shape index (κ1) is 17.1. The summed E-state index contributed by atoms with van der Waals surface area (Å²) in [5.41, 5.74) is 1.05. The lowest BCUT2D eigenvalue weighted by Gasteiger charge is -2.27. The SMILES string of the molecule is C=CCC[C@H](O)CN(Cc1ccc(F)cc1)C[C@H]1CCCO1. The maximum atomic E-state index is 13.0. The molecule has 0 radical (unpaired) electrons. The molecular formula is C18H26FNO2. The monoisotopic (exact) mass is 307 g/mol. The Hall–Kier alpha value is -1.23. The molecule has 4 heteroatoms. The highest BCUT2D eigenvalue weighted by atomic mass is 19.1. The van der Waals surface area contributed by atoms with Gasteiger partial charge in [-0.25, -0.2) is 4.39 Å². The third kappa shape index (κ3) is 5.87. The molecule has 1 heterocycles. The number of nitrogens with zero attached hydrogens (tertiary/aromatic N) is 1. The molecule has 1 aromatic carbocycles. The lowest BCUT2D eigenvalue weighted by atomic mass is 10.1. The fourth-order valence-electron chi connectivity index (χ4n) is 2.83. The van der Waals surface area contributed by atoms with Gasteiger partial charge in [0.2, 0.25) is 0 Å². The minimum atomic E-state index is -0.375. The van der Waals surface area contributed by atoms with Crippen LogP contribution in [0, 0.1) is 5.82 Å². The Labute approximate surface area is 132 Å². The van der Waals surface area contributed by atoms with Gasteiger partial charge in [0, 0.05) is 26.2 Å². The third-order valence-electron chi connectivity index (χ3n) is 3.98. The van der Waals surface area contributed by atoms with Crippen molar-refractivity contribution in [2.75, 3.05) is 19.7 Å². The van der Waals surface area contributed by atoms with E-state index in [1.165, 1.54) is 12.1 Å². The topological polar surface area (TPSA) is 32.7 Å². The van der Waals surface area contributed by atoms with E-state index in [1.54, 1.807) is 12.1 Å². The van der Waals surface area contributed by atoms with E-state index >= 15 is 0 Å². The number of ether oxygens (including phenoxy) is 1. The molecule has 1 aromatic rings. The second-order valence-corrected chi connectivity index (χ2v) is 5.98. The fourth-order valence-corrected chi connectivity index (χ4v) is 2.83. The van der Waals surface area contributed by atoms with Crippen molar-refractivity contribution in [2.45, 2.75) is 44.4 Å². The van der Waals surface area contributed by atoms with Crippen molar-refractivity contribution in [2.24, 2.45) is 0 Å². The first-order valence-electron chi connectivity index (χ1n) is 8.04. The van der Waals surface area contributed by atoms with Gasteiger partial charge in [0.15, 0.2) is 0 Å². The van der Waals surface area contributed by atoms with Crippen molar-refractivity contribution in [3.8, 4) is 0 Å². The number of benzene rings is 1. The van der Waals surface area contributed by atoms with Gasteiger partial charge >= 0.3 is 0 Å². The summed E-state index contributed by atoms with van der Waals surface area (Å²) in [4.78, 5) is 2.21. The summed E-state index contributed by atoms with van der Waals surface area (Å²) in [7, 11) is 0. The molecule has 2 rings (SSSR count). The molecule has 0 bridgehead atoms. The maximum Gasteiger partial charge on any atom is 0.123 e. The van der Waals surface area contributed by atoms with Crippen molar-refractivity contribution < 1.29 is 14.2 Å². The third-order valence-corrected chi connectivity index (χ3v) is 3.98. The minimum Gasteiger partial charge on any atom is -0.392 e. The Bertz CT molecular complexity index is 443. The van der Waals surface area contributed by atoms with E-state index in [-0.39, 0.29) is 18.0 Å². The highest BCUT2D eigenvalue weighted by molar-refractivity contribution is 5.15. The zero-order chi connectivity index (χ0) is 15.8. The summed E-state index contributed by atoms with van der Waals surface area (Å²) in [5.74, 6) is -0.222. The van der Waals surface area contributed by atoms with Crippen LogP contribution in [0.2, 0.25) is 0 Å². The molecule has 0 amide bonds. The molecular weight excluding hydrogens is 281 g/mol. The van der Waals surface area contributed by atoms with Crippen LogP contribution in [0.1, 0.15) is 31.2 Å². The van der Waals surface area contributed by atoms with Crippen LogP contribution < -0.4 is 0 Å². The predicted octanol–water partition coefficient (Wildman–Crippen LogP) is 3.13. The molecule has 3 nitrogen and oxygen atoms in total. The lowest BCUT2D eigenvalue weighted by molar-refractivity contribution is 0.0445. The van der Waals surface area contributed by atoms with Crippen molar-refractivity contribution in [1.29, 1.82) is 0 Å². The Balaban J connectivity index is 1.93. The van der Waals surface area contributed by atoms with E-state index < -0.39 is 0 Å². The molecule has 2 atom stereocenters. The first-order chi connectivity index (χ1) is 10.7. The Morgan fingerprint density at radius 1 is 1.41 bits per heavy atom. The summed E-state index contributed by atoms with van der Waals surface area (Å²) >= 11 is 0. The molecule has 122 valence electrons. The van der Waals surface area contributed by atoms with E-state index in [4.69, 9.17) is 4.74 Å². The van der Waals surface area contributed by atoms with Crippen LogP contribution in [0.5, 0.6) is 0 Å². The normalized spacial score (nSPS) is 19.5. The van der Waals surface area contributed by atoms with Gasteiger partial charge in [-0.05, 0) is 43.4 Å². The Morgan fingerprint density at radius 3 is 2.82 bits per heavy atom. The summed E-state index contributed by atoms with van der Waals surface area (Å²) in [6.45, 7) is 6.63. The van der Waals surface area contributed by atoms with Crippen LogP contribution in [-0.2, 0) is 11.3 Å². The molecule has 1 aliphatic rings. The van der Waals surface area contributed by atoms with Gasteiger partial charge in [-0.1, -0.05) is 18.2 Å². The van der Waals surface area contributed by atoms with Crippen LogP contribution in [0.25, 0.3) is 0 Å². The quantitative estimate of drug-likeness (QED) is 0.712. The van der Waals surface area contributed by atoms with Crippen LogP contribution in [0.4, 0.5) is 4.39 Å². The number of aliphatic hydroxyl groups is 1. The molecule has 22 heavy (non-hydrogen) atoms. The fraction of sp³-hybridized carbons (Fsp3) is 0.556. The molecule has 1 fully saturated rings. The van der Waals surface area contributed by atoms with E-state index in [2.05, 4.69) is 11.5 Å². The van der Waals surface area contributed by atoms with Crippen molar-refractivity contribution in [3.05, 3.63) is 48.3 Å². The zero-order valence-electron chi connectivity index (χ0n) is 13.1. The lowest BCUT2D eigenvalue weighted by Crippen LogP contribution is -2.37. The molecule has 0 aliphatic carbocycles. The standard InChI is InChI=1S/C18H26FNO2/c1-2-3-5-17(21)13-20(14-18-6-4-11-22-18)12-15-7-9-16(19)10-8-15/h2,7-10,17-18,21H,1,3-6,11-14H2/t17-,18+/m0/s1. The van der Waals surface area contributed by atoms with Gasteiger partial charge in [-0.15, -0.1) is 6.58 Å². The average Bonchev–Trinajstić information content (AvgIpc) is 3.00. The van der Waals surface area contributed by atoms with Crippen molar-refractivity contribution >= 4 is 0 Å². The van der Waals surface area contributed by atoms with Gasteiger partial charge < -0.3 is 9.84 Å². The van der Waals surface area contributed by atoms with Gasteiger partial charge in [-0.2, -0.15) is 0 Å². The van der Waals surface area contributed by atoms with Gasteiger partial charge in [-0.3, -0.25) is 4.90 Å². The van der Waals surface area contributed by atoms with Crippen LogP contribution in [0.3, 0.4) is 0 Å². The van der Waals surface area contributed by atoms with Crippen molar-refractivity contribution in [1.82, 2.24) is 4.90 Å². The first-order valence-corrected chi connectivity index (χ1v) is 8.04. The van der Waals surface area contributed by atoms with E-state index in [1.807, 2.05) is 6.08 Å². The smallest absolute Gasteiger partial charge is 0.123 e. The molecule has 1 aliphatic heterocycles. The predicted molar refractivity (Wildman–Crippen MR) is 86.1 cm³/mol. The zero-order valence-corrected chi connectivity index (χ0v) is 13.1. The van der Waals surface area contributed by atoms with E-state index in [9.17, 15) is 9.50 Å². The molecule has 1 saturated heterocycles. The van der Waals surface area contributed by atoms with Crippen LogP contribution in [0.15, 0.2) is 36.9 Å². The van der Waals surface area contributed by atoms with E-state index in [0.717, 1.165) is 44.4 Å². The number of aliphatic hydroxyl groups excluding tert-OH is 1. The molecule has 0 spiro atoms. The summed E-state index contributed by atoms with van der Waals surface area (Å²) in [5, 5.41) is 10.2. The summed E-state index contributed by atoms with van der Waals surface area (Å²) < 4.78 is 18.7. The maximum absolute atomic E-state index is 13.0. The largest absolute Gasteiger partial charge is 0.392 e. The average molecular weight is 307 g/mol. The van der Waals surface area contributed by atoms with Crippen LogP contribution in [-0.4, -0.2) is 41.9 Å².